The monoisotopic (exact) mass is 474 g/mol. The smallest absolute Gasteiger partial charge is 0.323 e. The number of aromatic nitrogens is 2. The van der Waals surface area contributed by atoms with Crippen molar-refractivity contribution in [1.29, 1.82) is 0 Å². The minimum Gasteiger partial charge on any atom is -0.480 e. The van der Waals surface area contributed by atoms with Crippen LogP contribution in [0.5, 0.6) is 0 Å². The van der Waals surface area contributed by atoms with Gasteiger partial charge in [-0.2, -0.15) is 0 Å². The fraction of sp³-hybridized carbons (Fsp3) is 0.250. The van der Waals surface area contributed by atoms with Crippen molar-refractivity contribution in [3.63, 3.8) is 0 Å². The molecule has 4 N–H and O–H groups in total. The van der Waals surface area contributed by atoms with Crippen molar-refractivity contribution >= 4 is 56.7 Å². The highest BCUT2D eigenvalue weighted by Crippen LogP contribution is 2.34. The van der Waals surface area contributed by atoms with E-state index >= 15 is 0 Å². The number of nitrogens with one attached hydrogen (secondary N) is 1. The van der Waals surface area contributed by atoms with Gasteiger partial charge in [0.15, 0.2) is 0 Å². The summed E-state index contributed by atoms with van der Waals surface area (Å²) in [7, 11) is 0. The minimum atomic E-state index is -1.19. The number of carbonyl (C=O) groups excluding carboxylic acids is 2. The number of carboxylic acids is 1. The van der Waals surface area contributed by atoms with Gasteiger partial charge in [-0.15, -0.1) is 11.3 Å². The molecule has 0 aliphatic carbocycles. The second-order valence-corrected chi connectivity index (χ2v) is 8.82. The molecule has 1 fully saturated rings. The molecule has 0 saturated carbocycles. The highest BCUT2D eigenvalue weighted by atomic mass is 35.5. The van der Waals surface area contributed by atoms with Crippen LogP contribution in [0.25, 0.3) is 10.9 Å². The van der Waals surface area contributed by atoms with Gasteiger partial charge in [0.25, 0.3) is 0 Å². The topological polar surface area (TPSA) is 142 Å². The number of fused-ring (bicyclic) bond motifs is 1. The summed E-state index contributed by atoms with van der Waals surface area (Å²) in [4.78, 5) is 47.9. The number of likely N-dealkylation sites (tertiary alicyclic amines) is 1. The molecule has 1 unspecified atom stereocenters. The van der Waals surface area contributed by atoms with E-state index in [9.17, 15) is 14.4 Å². The van der Waals surface area contributed by atoms with Crippen molar-refractivity contribution in [2.45, 2.75) is 18.6 Å². The van der Waals surface area contributed by atoms with Crippen LogP contribution in [0.1, 0.15) is 18.2 Å². The predicted octanol–water partition coefficient (Wildman–Crippen LogP) is 2.20. The summed E-state index contributed by atoms with van der Waals surface area (Å²) >= 11 is 7.15. The molecule has 3 heterocycles. The molecule has 1 saturated heterocycles. The zero-order valence-corrected chi connectivity index (χ0v) is 18.2. The van der Waals surface area contributed by atoms with Crippen molar-refractivity contribution in [2.75, 3.05) is 18.0 Å². The molecule has 166 valence electrons. The van der Waals surface area contributed by atoms with Gasteiger partial charge in [0.05, 0.1) is 9.85 Å². The van der Waals surface area contributed by atoms with Gasteiger partial charge in [-0.3, -0.25) is 14.5 Å². The van der Waals surface area contributed by atoms with Gasteiger partial charge in [0, 0.05) is 18.1 Å². The average molecular weight is 475 g/mol. The highest BCUT2D eigenvalue weighted by molar-refractivity contribution is 7.20. The number of thiophene rings is 1. The van der Waals surface area contributed by atoms with Crippen LogP contribution in [0, 0.1) is 0 Å². The number of aliphatic carboxylic acids is 1. The Kier molecular flexibility index (Phi) is 6.21. The van der Waals surface area contributed by atoms with Crippen LogP contribution in [0.2, 0.25) is 4.34 Å². The number of amides is 3. The van der Waals surface area contributed by atoms with Gasteiger partial charge in [-0.25, -0.2) is 14.8 Å². The molecule has 0 spiro atoms. The van der Waals surface area contributed by atoms with Crippen molar-refractivity contribution in [2.24, 2.45) is 5.73 Å². The van der Waals surface area contributed by atoms with E-state index in [-0.39, 0.29) is 5.91 Å². The van der Waals surface area contributed by atoms with E-state index in [2.05, 4.69) is 15.3 Å². The SMILES string of the molecule is NC(c1ccc2cncnc2c1)N1CC[C@H](N(C(=O)NCC(=O)O)c2ccc(Cl)s2)C1=O. The molecule has 4 rings (SSSR count). The third kappa shape index (κ3) is 4.35. The second kappa shape index (κ2) is 9.07. The van der Waals surface area contributed by atoms with Crippen LogP contribution in [-0.2, 0) is 9.59 Å². The van der Waals surface area contributed by atoms with Crippen LogP contribution < -0.4 is 16.0 Å². The Hall–Kier alpha value is -3.28. The Bertz CT molecular complexity index is 1190. The summed E-state index contributed by atoms with van der Waals surface area (Å²) in [6.07, 6.45) is 2.73. The summed E-state index contributed by atoms with van der Waals surface area (Å²) in [5.41, 5.74) is 7.82. The number of carboxylic acid groups (broad SMARTS) is 1. The average Bonchev–Trinajstić information content (AvgIpc) is 3.37. The normalized spacial score (nSPS) is 16.9. The lowest BCUT2D eigenvalue weighted by Crippen LogP contribution is -2.51. The lowest BCUT2D eigenvalue weighted by Gasteiger charge is -2.29. The van der Waals surface area contributed by atoms with Crippen LogP contribution in [0.3, 0.4) is 0 Å². The van der Waals surface area contributed by atoms with Gasteiger partial charge in [0.2, 0.25) is 5.91 Å². The number of urea groups is 1. The minimum absolute atomic E-state index is 0.328. The van der Waals surface area contributed by atoms with Gasteiger partial charge < -0.3 is 21.1 Å². The molecule has 32 heavy (non-hydrogen) atoms. The molecule has 10 nitrogen and oxygen atoms in total. The Morgan fingerprint density at radius 3 is 2.91 bits per heavy atom. The molecule has 1 aliphatic rings. The van der Waals surface area contributed by atoms with Crippen LogP contribution in [0.15, 0.2) is 42.9 Å². The first-order chi connectivity index (χ1) is 15.3. The molecule has 3 amide bonds. The van der Waals surface area contributed by atoms with E-state index in [1.807, 2.05) is 12.1 Å². The second-order valence-electron chi connectivity index (χ2n) is 7.12. The van der Waals surface area contributed by atoms with Crippen LogP contribution in [-0.4, -0.2) is 57.0 Å². The Labute approximate surface area is 191 Å². The van der Waals surface area contributed by atoms with E-state index in [0.29, 0.717) is 33.4 Å². The quantitative estimate of drug-likeness (QED) is 0.497. The summed E-state index contributed by atoms with van der Waals surface area (Å²) in [5, 5.41) is 12.5. The fourth-order valence-corrected chi connectivity index (χ4v) is 4.70. The van der Waals surface area contributed by atoms with E-state index < -0.39 is 30.8 Å². The number of hydrogen-bond donors (Lipinski definition) is 3. The number of rotatable bonds is 6. The number of nitrogens with two attached hydrogens (primary N) is 1. The molecule has 2 aromatic heterocycles. The number of hydrogen-bond acceptors (Lipinski definition) is 7. The number of nitrogens with zero attached hydrogens (tertiary/aromatic N) is 4. The number of carbonyl (C=O) groups is 3. The van der Waals surface area contributed by atoms with Crippen LogP contribution in [0.4, 0.5) is 9.80 Å². The third-order valence-electron chi connectivity index (χ3n) is 5.14. The fourth-order valence-electron chi connectivity index (χ4n) is 3.62. The Balaban J connectivity index is 1.58. The first-order valence-corrected chi connectivity index (χ1v) is 10.8. The third-order valence-corrected chi connectivity index (χ3v) is 6.37. The maximum Gasteiger partial charge on any atom is 0.323 e. The van der Waals surface area contributed by atoms with Gasteiger partial charge in [-0.05, 0) is 30.2 Å². The molecule has 0 radical (unpaired) electrons. The standard InChI is InChI=1S/C20H19ClN6O4S/c21-15-3-4-16(32-15)27(20(31)24-9-17(28)29)14-5-6-26(19(14)30)18(22)11-1-2-12-8-23-10-25-13(12)7-11/h1-4,7-8,10,14,18H,5-6,9,22H2,(H,24,31)(H,28,29)/t14-,18?/m0/s1. The molecule has 2 atom stereocenters. The molecule has 1 aliphatic heterocycles. The zero-order chi connectivity index (χ0) is 22.8. The summed E-state index contributed by atoms with van der Waals surface area (Å²) in [6, 6.07) is 7.15. The first kappa shape index (κ1) is 21.9. The Morgan fingerprint density at radius 2 is 2.19 bits per heavy atom. The Morgan fingerprint density at radius 1 is 1.38 bits per heavy atom. The van der Waals surface area contributed by atoms with Gasteiger partial charge >= 0.3 is 12.0 Å². The zero-order valence-electron chi connectivity index (χ0n) is 16.6. The van der Waals surface area contributed by atoms with E-state index in [1.54, 1.807) is 24.4 Å². The number of anilines is 1. The lowest BCUT2D eigenvalue weighted by molar-refractivity contribution is -0.135. The molecular formula is C20H19ClN6O4S. The molecule has 1 aromatic carbocycles. The molecule has 3 aromatic rings. The number of benzene rings is 1. The van der Waals surface area contributed by atoms with E-state index in [0.717, 1.165) is 16.7 Å². The summed E-state index contributed by atoms with van der Waals surface area (Å²) in [6.45, 7) is -0.244. The first-order valence-electron chi connectivity index (χ1n) is 9.65. The van der Waals surface area contributed by atoms with Gasteiger partial charge in [0.1, 0.15) is 30.1 Å². The van der Waals surface area contributed by atoms with Crippen molar-refractivity contribution in [3.05, 3.63) is 52.8 Å². The summed E-state index contributed by atoms with van der Waals surface area (Å²) < 4.78 is 0.438. The largest absolute Gasteiger partial charge is 0.480 e. The predicted molar refractivity (Wildman–Crippen MR) is 119 cm³/mol. The summed E-state index contributed by atoms with van der Waals surface area (Å²) in [5.74, 6) is -1.53. The molecular weight excluding hydrogens is 456 g/mol. The maximum absolute atomic E-state index is 13.3. The van der Waals surface area contributed by atoms with E-state index in [4.69, 9.17) is 22.4 Å². The molecule has 12 heteroatoms. The van der Waals surface area contributed by atoms with Gasteiger partial charge in [-0.1, -0.05) is 23.7 Å². The number of halogens is 1. The highest BCUT2D eigenvalue weighted by Gasteiger charge is 2.42. The van der Waals surface area contributed by atoms with Crippen LogP contribution >= 0.6 is 22.9 Å². The molecule has 0 bridgehead atoms. The van der Waals surface area contributed by atoms with E-state index in [1.165, 1.54) is 16.1 Å². The lowest BCUT2D eigenvalue weighted by atomic mass is 10.1. The van der Waals surface area contributed by atoms with Crippen molar-refractivity contribution in [1.82, 2.24) is 20.2 Å². The van der Waals surface area contributed by atoms with Crippen molar-refractivity contribution in [3.8, 4) is 0 Å². The maximum atomic E-state index is 13.3. The van der Waals surface area contributed by atoms with Crippen molar-refractivity contribution < 1.29 is 19.5 Å².